The van der Waals surface area contributed by atoms with Gasteiger partial charge in [0.15, 0.2) is 0 Å². The molecule has 0 saturated heterocycles. The van der Waals surface area contributed by atoms with Gasteiger partial charge < -0.3 is 0 Å². The van der Waals surface area contributed by atoms with Gasteiger partial charge >= 0.3 is 0 Å². The Kier molecular flexibility index (Phi) is 6.85. The van der Waals surface area contributed by atoms with Crippen molar-refractivity contribution in [2.75, 3.05) is 11.1 Å². The summed E-state index contributed by atoms with van der Waals surface area (Å²) in [5.74, 6) is 0. The summed E-state index contributed by atoms with van der Waals surface area (Å²) in [7, 11) is 0. The molecule has 0 N–H and O–H groups in total. The van der Waals surface area contributed by atoms with Gasteiger partial charge in [-0.25, -0.2) is 0 Å². The van der Waals surface area contributed by atoms with Gasteiger partial charge in [-0.2, -0.15) is 0 Å². The molecule has 0 radical (unpaired) electrons. The molecular weight excluding hydrogens is 237 g/mol. The first-order chi connectivity index (χ1) is 4.72. The molecule has 0 aromatic heterocycles. The highest BCUT2D eigenvalue weighted by molar-refractivity contribution is 14.1. The molecule has 0 atom stereocenters. The van der Waals surface area contributed by atoms with E-state index in [4.69, 9.17) is 0 Å². The lowest BCUT2D eigenvalue weighted by Crippen LogP contribution is -2.30. The maximum atomic E-state index is 2.49. The molecule has 0 heterocycles. The normalized spacial score (nSPS) is 11.4. The fraction of sp³-hybridized carbons (Fsp3) is 1.00. The van der Waals surface area contributed by atoms with Gasteiger partial charge in [0.05, 0.1) is 4.55 Å². The summed E-state index contributed by atoms with van der Waals surface area (Å²) in [5.41, 5.74) is 0. The first-order valence-electron chi connectivity index (χ1n) is 4.02. The zero-order valence-corrected chi connectivity index (χ0v) is 9.39. The fourth-order valence-electron chi connectivity index (χ4n) is 0.817. The average molecular weight is 255 g/mol. The van der Waals surface area contributed by atoms with Crippen LogP contribution in [0.25, 0.3) is 0 Å². The van der Waals surface area contributed by atoms with Crippen LogP contribution in [-0.4, -0.2) is 22.0 Å². The molecule has 0 aromatic carbocycles. The summed E-state index contributed by atoms with van der Waals surface area (Å²) in [4.78, 5) is 2.49. The summed E-state index contributed by atoms with van der Waals surface area (Å²) in [5, 5.41) is 0. The second kappa shape index (κ2) is 6.40. The van der Waals surface area contributed by atoms with Crippen LogP contribution in [0.15, 0.2) is 0 Å². The van der Waals surface area contributed by atoms with Crippen LogP contribution in [0.1, 0.15) is 33.6 Å². The molecule has 0 aliphatic rings. The second-order valence-electron chi connectivity index (χ2n) is 2.88. The predicted octanol–water partition coefficient (Wildman–Crippen LogP) is 2.89. The Bertz CT molecular complexity index is 73.7. The standard InChI is InChI=1S/C8H18IN/c1-4-5-6-10(7-9)8(2)3/h8H,4-7H2,1-3H3. The van der Waals surface area contributed by atoms with Crippen LogP contribution in [-0.2, 0) is 0 Å². The molecule has 0 aromatic rings. The summed E-state index contributed by atoms with van der Waals surface area (Å²) >= 11 is 2.43. The molecule has 0 bridgehead atoms. The molecule has 10 heavy (non-hydrogen) atoms. The van der Waals surface area contributed by atoms with Crippen molar-refractivity contribution >= 4 is 22.6 Å². The van der Waals surface area contributed by atoms with Crippen LogP contribution in [0.4, 0.5) is 0 Å². The molecule has 0 fully saturated rings. The number of alkyl halides is 1. The van der Waals surface area contributed by atoms with Crippen LogP contribution in [0.5, 0.6) is 0 Å². The van der Waals surface area contributed by atoms with Gasteiger partial charge in [-0.3, -0.25) is 4.90 Å². The Hall–Kier alpha value is 0.690. The molecule has 0 unspecified atom stereocenters. The fourth-order valence-corrected chi connectivity index (χ4v) is 1.95. The van der Waals surface area contributed by atoms with Crippen LogP contribution in [0, 0.1) is 0 Å². The van der Waals surface area contributed by atoms with E-state index in [-0.39, 0.29) is 0 Å². The van der Waals surface area contributed by atoms with Gasteiger partial charge in [0, 0.05) is 6.04 Å². The van der Waals surface area contributed by atoms with E-state index in [0.29, 0.717) is 6.04 Å². The van der Waals surface area contributed by atoms with Crippen LogP contribution < -0.4 is 0 Å². The third-order valence-electron chi connectivity index (χ3n) is 1.68. The van der Waals surface area contributed by atoms with E-state index in [1.54, 1.807) is 0 Å². The second-order valence-corrected chi connectivity index (χ2v) is 3.56. The van der Waals surface area contributed by atoms with Crippen molar-refractivity contribution in [3.63, 3.8) is 0 Å². The van der Waals surface area contributed by atoms with Crippen molar-refractivity contribution < 1.29 is 0 Å². The van der Waals surface area contributed by atoms with Crippen molar-refractivity contribution in [3.05, 3.63) is 0 Å². The minimum Gasteiger partial charge on any atom is -0.292 e. The highest BCUT2D eigenvalue weighted by Gasteiger charge is 2.04. The minimum absolute atomic E-state index is 0.712. The molecule has 0 rings (SSSR count). The van der Waals surface area contributed by atoms with E-state index in [9.17, 15) is 0 Å². The lowest BCUT2D eigenvalue weighted by atomic mass is 10.3. The molecule has 0 saturated carbocycles. The van der Waals surface area contributed by atoms with E-state index >= 15 is 0 Å². The van der Waals surface area contributed by atoms with Gasteiger partial charge in [-0.05, 0) is 26.8 Å². The summed E-state index contributed by atoms with van der Waals surface area (Å²) < 4.78 is 1.16. The molecule has 62 valence electrons. The molecule has 2 heteroatoms. The largest absolute Gasteiger partial charge is 0.292 e. The van der Waals surface area contributed by atoms with E-state index in [2.05, 4.69) is 48.3 Å². The Morgan fingerprint density at radius 3 is 2.30 bits per heavy atom. The number of halogens is 1. The topological polar surface area (TPSA) is 3.24 Å². The lowest BCUT2D eigenvalue weighted by Gasteiger charge is -2.23. The van der Waals surface area contributed by atoms with Crippen LogP contribution in [0.2, 0.25) is 0 Å². The number of unbranched alkanes of at least 4 members (excludes halogenated alkanes) is 1. The molecular formula is C8H18IN. The van der Waals surface area contributed by atoms with Crippen molar-refractivity contribution in [2.24, 2.45) is 0 Å². The lowest BCUT2D eigenvalue weighted by molar-refractivity contribution is 0.264. The Morgan fingerprint density at radius 2 is 2.00 bits per heavy atom. The zero-order chi connectivity index (χ0) is 7.98. The third kappa shape index (κ3) is 4.50. The van der Waals surface area contributed by atoms with Gasteiger partial charge in [-0.1, -0.05) is 35.9 Å². The molecule has 0 amide bonds. The highest BCUT2D eigenvalue weighted by atomic mass is 127. The zero-order valence-electron chi connectivity index (χ0n) is 7.23. The van der Waals surface area contributed by atoms with E-state index in [1.165, 1.54) is 19.4 Å². The first-order valence-corrected chi connectivity index (χ1v) is 5.55. The number of hydrogen-bond donors (Lipinski definition) is 0. The number of hydrogen-bond acceptors (Lipinski definition) is 1. The maximum Gasteiger partial charge on any atom is 0.0508 e. The molecule has 0 spiro atoms. The first kappa shape index (κ1) is 10.7. The third-order valence-corrected chi connectivity index (χ3v) is 2.56. The quantitative estimate of drug-likeness (QED) is 0.415. The van der Waals surface area contributed by atoms with Gasteiger partial charge in [0.25, 0.3) is 0 Å². The van der Waals surface area contributed by atoms with Gasteiger partial charge in [0.2, 0.25) is 0 Å². The summed E-state index contributed by atoms with van der Waals surface area (Å²) in [6.45, 7) is 8.02. The predicted molar refractivity (Wildman–Crippen MR) is 55.6 cm³/mol. The molecule has 1 nitrogen and oxygen atoms in total. The van der Waals surface area contributed by atoms with E-state index < -0.39 is 0 Å². The van der Waals surface area contributed by atoms with Crippen molar-refractivity contribution in [3.8, 4) is 0 Å². The summed E-state index contributed by atoms with van der Waals surface area (Å²) in [6, 6.07) is 0.712. The average Bonchev–Trinajstić information content (AvgIpc) is 1.89. The molecule has 0 aliphatic heterocycles. The number of rotatable bonds is 5. The monoisotopic (exact) mass is 255 g/mol. The van der Waals surface area contributed by atoms with E-state index in [1.807, 2.05) is 0 Å². The van der Waals surface area contributed by atoms with Crippen molar-refractivity contribution in [2.45, 2.75) is 39.7 Å². The Morgan fingerprint density at radius 1 is 1.40 bits per heavy atom. The summed E-state index contributed by atoms with van der Waals surface area (Å²) in [6.07, 6.45) is 2.64. The maximum absolute atomic E-state index is 2.49. The van der Waals surface area contributed by atoms with Crippen molar-refractivity contribution in [1.82, 2.24) is 4.90 Å². The smallest absolute Gasteiger partial charge is 0.0508 e. The Balaban J connectivity index is 3.40. The van der Waals surface area contributed by atoms with E-state index in [0.717, 1.165) is 4.55 Å². The minimum atomic E-state index is 0.712. The number of nitrogens with zero attached hydrogens (tertiary/aromatic N) is 1. The van der Waals surface area contributed by atoms with Crippen molar-refractivity contribution in [1.29, 1.82) is 0 Å². The van der Waals surface area contributed by atoms with Crippen LogP contribution in [0.3, 0.4) is 0 Å². The van der Waals surface area contributed by atoms with Gasteiger partial charge in [-0.15, -0.1) is 0 Å². The Labute approximate surface area is 78.3 Å². The molecule has 0 aliphatic carbocycles. The van der Waals surface area contributed by atoms with Gasteiger partial charge in [0.1, 0.15) is 0 Å². The highest BCUT2D eigenvalue weighted by Crippen LogP contribution is 2.03. The van der Waals surface area contributed by atoms with Crippen LogP contribution >= 0.6 is 22.6 Å². The SMILES string of the molecule is CCCCN(CI)C(C)C.